The highest BCUT2D eigenvalue weighted by molar-refractivity contribution is 7.99. The Bertz CT molecular complexity index is 573. The molecule has 0 saturated heterocycles. The summed E-state index contributed by atoms with van der Waals surface area (Å²) in [5.41, 5.74) is 0.972. The van der Waals surface area contributed by atoms with Crippen LogP contribution >= 0.6 is 23.4 Å². The predicted molar refractivity (Wildman–Crippen MR) is 74.4 cm³/mol. The van der Waals surface area contributed by atoms with Crippen LogP contribution in [-0.2, 0) is 18.4 Å². The maximum atomic E-state index is 6.00. The number of aromatic nitrogens is 4. The van der Waals surface area contributed by atoms with Crippen LogP contribution in [0.1, 0.15) is 18.4 Å². The quantitative estimate of drug-likeness (QED) is 0.795. The Morgan fingerprint density at radius 2 is 2.16 bits per heavy atom. The standard InChI is InChI=1S/C12H15ClN4OS/c1-4-18-7-10-14-9(13)6-11(15-10)19-12-5-8(2)16-17(12)3/h5-6H,4,7H2,1-3H3. The molecule has 2 aromatic heterocycles. The molecule has 0 fully saturated rings. The van der Waals surface area contributed by atoms with Crippen molar-refractivity contribution in [3.8, 4) is 0 Å². The molecule has 2 aromatic rings. The lowest BCUT2D eigenvalue weighted by molar-refractivity contribution is 0.128. The number of nitrogens with zero attached hydrogens (tertiary/aromatic N) is 4. The molecule has 0 unspecified atom stereocenters. The molecule has 0 radical (unpaired) electrons. The summed E-state index contributed by atoms with van der Waals surface area (Å²) in [6.07, 6.45) is 0. The first kappa shape index (κ1) is 14.3. The molecule has 0 amide bonds. The maximum Gasteiger partial charge on any atom is 0.157 e. The van der Waals surface area contributed by atoms with Crippen molar-refractivity contribution >= 4 is 23.4 Å². The van der Waals surface area contributed by atoms with E-state index in [1.165, 1.54) is 11.8 Å². The zero-order valence-corrected chi connectivity index (χ0v) is 12.6. The molecular weight excluding hydrogens is 284 g/mol. The van der Waals surface area contributed by atoms with Gasteiger partial charge in [0.25, 0.3) is 0 Å². The molecule has 0 saturated carbocycles. The van der Waals surface area contributed by atoms with E-state index in [9.17, 15) is 0 Å². The minimum absolute atomic E-state index is 0.370. The monoisotopic (exact) mass is 298 g/mol. The molecule has 0 spiro atoms. The van der Waals surface area contributed by atoms with Gasteiger partial charge in [-0.25, -0.2) is 9.97 Å². The molecule has 102 valence electrons. The average molecular weight is 299 g/mol. The fourth-order valence-electron chi connectivity index (χ4n) is 1.54. The molecule has 2 rings (SSSR count). The summed E-state index contributed by atoms with van der Waals surface area (Å²) in [6, 6.07) is 3.74. The van der Waals surface area contributed by atoms with E-state index in [1.54, 1.807) is 6.07 Å². The number of hydrogen-bond donors (Lipinski definition) is 0. The van der Waals surface area contributed by atoms with Crippen molar-refractivity contribution in [2.45, 2.75) is 30.5 Å². The van der Waals surface area contributed by atoms with Gasteiger partial charge in [0.2, 0.25) is 0 Å². The second-order valence-corrected chi connectivity index (χ2v) is 5.36. The number of rotatable bonds is 5. The molecular formula is C12H15ClN4OS. The van der Waals surface area contributed by atoms with Gasteiger partial charge in [-0.3, -0.25) is 4.68 Å². The molecule has 7 heteroatoms. The Morgan fingerprint density at radius 3 is 2.79 bits per heavy atom. The topological polar surface area (TPSA) is 52.8 Å². The molecule has 0 aromatic carbocycles. The van der Waals surface area contributed by atoms with Gasteiger partial charge in [-0.05, 0) is 19.9 Å². The maximum absolute atomic E-state index is 6.00. The van der Waals surface area contributed by atoms with E-state index in [0.717, 1.165) is 15.7 Å². The zero-order valence-electron chi connectivity index (χ0n) is 11.1. The fourth-order valence-corrected chi connectivity index (χ4v) is 2.75. The Kier molecular flexibility index (Phi) is 4.79. The Balaban J connectivity index is 2.20. The lowest BCUT2D eigenvalue weighted by atomic mass is 10.5. The third-order valence-corrected chi connectivity index (χ3v) is 3.52. The number of ether oxygens (including phenoxy) is 1. The highest BCUT2D eigenvalue weighted by Crippen LogP contribution is 2.27. The molecule has 5 nitrogen and oxygen atoms in total. The highest BCUT2D eigenvalue weighted by atomic mass is 35.5. The largest absolute Gasteiger partial charge is 0.374 e. The van der Waals surface area contributed by atoms with Gasteiger partial charge in [-0.15, -0.1) is 0 Å². The van der Waals surface area contributed by atoms with E-state index in [1.807, 2.05) is 31.6 Å². The lowest BCUT2D eigenvalue weighted by Gasteiger charge is -2.05. The van der Waals surface area contributed by atoms with E-state index < -0.39 is 0 Å². The van der Waals surface area contributed by atoms with Crippen LogP contribution in [0.25, 0.3) is 0 Å². The minimum Gasteiger partial charge on any atom is -0.374 e. The van der Waals surface area contributed by atoms with E-state index in [-0.39, 0.29) is 0 Å². The van der Waals surface area contributed by atoms with Gasteiger partial charge in [0.1, 0.15) is 21.8 Å². The molecule has 0 bridgehead atoms. The van der Waals surface area contributed by atoms with Crippen LogP contribution in [0.4, 0.5) is 0 Å². The number of aryl methyl sites for hydroxylation is 2. The fraction of sp³-hybridized carbons (Fsp3) is 0.417. The van der Waals surface area contributed by atoms with Crippen LogP contribution in [0.15, 0.2) is 22.2 Å². The van der Waals surface area contributed by atoms with Crippen molar-refractivity contribution in [2.24, 2.45) is 7.05 Å². The van der Waals surface area contributed by atoms with Crippen molar-refractivity contribution in [3.63, 3.8) is 0 Å². The van der Waals surface area contributed by atoms with Gasteiger partial charge in [0.05, 0.1) is 5.69 Å². The van der Waals surface area contributed by atoms with Gasteiger partial charge in [-0.1, -0.05) is 23.4 Å². The Labute approximate surface area is 121 Å². The third kappa shape index (κ3) is 3.92. The van der Waals surface area contributed by atoms with Crippen LogP contribution in [0.3, 0.4) is 0 Å². The summed E-state index contributed by atoms with van der Waals surface area (Å²) in [7, 11) is 1.90. The van der Waals surface area contributed by atoms with E-state index >= 15 is 0 Å². The summed E-state index contributed by atoms with van der Waals surface area (Å²) in [5, 5.41) is 6.52. The van der Waals surface area contributed by atoms with Crippen LogP contribution in [0.2, 0.25) is 5.15 Å². The second-order valence-electron chi connectivity index (χ2n) is 3.93. The Morgan fingerprint density at radius 1 is 1.37 bits per heavy atom. The molecule has 2 heterocycles. The van der Waals surface area contributed by atoms with Crippen molar-refractivity contribution in [3.05, 3.63) is 28.8 Å². The van der Waals surface area contributed by atoms with Gasteiger partial charge in [0, 0.05) is 19.7 Å². The molecule has 0 aliphatic heterocycles. The SMILES string of the molecule is CCOCc1nc(Cl)cc(Sc2cc(C)nn2C)n1. The van der Waals surface area contributed by atoms with Crippen LogP contribution in [0.5, 0.6) is 0 Å². The molecule has 0 aliphatic rings. The van der Waals surface area contributed by atoms with Crippen molar-refractivity contribution in [2.75, 3.05) is 6.61 Å². The first-order chi connectivity index (χ1) is 9.08. The molecule has 0 N–H and O–H groups in total. The molecule has 19 heavy (non-hydrogen) atoms. The average Bonchev–Trinajstić information content (AvgIpc) is 2.64. The lowest BCUT2D eigenvalue weighted by Crippen LogP contribution is -2.00. The van der Waals surface area contributed by atoms with E-state index in [0.29, 0.717) is 24.2 Å². The first-order valence-corrected chi connectivity index (χ1v) is 7.07. The minimum atomic E-state index is 0.370. The summed E-state index contributed by atoms with van der Waals surface area (Å²) in [5.74, 6) is 0.593. The van der Waals surface area contributed by atoms with Crippen LogP contribution in [0, 0.1) is 6.92 Å². The molecule has 0 atom stereocenters. The van der Waals surface area contributed by atoms with Crippen LogP contribution < -0.4 is 0 Å². The predicted octanol–water partition coefficient (Wildman–Crippen LogP) is 2.86. The van der Waals surface area contributed by atoms with E-state index in [4.69, 9.17) is 16.3 Å². The number of halogens is 1. The van der Waals surface area contributed by atoms with Gasteiger partial charge < -0.3 is 4.74 Å². The Hall–Kier alpha value is -1.11. The third-order valence-electron chi connectivity index (χ3n) is 2.32. The van der Waals surface area contributed by atoms with Crippen molar-refractivity contribution < 1.29 is 4.74 Å². The summed E-state index contributed by atoms with van der Waals surface area (Å²) in [6.45, 7) is 4.88. The van der Waals surface area contributed by atoms with Crippen molar-refractivity contribution in [1.29, 1.82) is 0 Å². The summed E-state index contributed by atoms with van der Waals surface area (Å²) < 4.78 is 7.11. The van der Waals surface area contributed by atoms with E-state index in [2.05, 4.69) is 15.1 Å². The van der Waals surface area contributed by atoms with Gasteiger partial charge >= 0.3 is 0 Å². The highest BCUT2D eigenvalue weighted by Gasteiger charge is 2.09. The van der Waals surface area contributed by atoms with Gasteiger partial charge in [-0.2, -0.15) is 5.10 Å². The smallest absolute Gasteiger partial charge is 0.157 e. The second kappa shape index (κ2) is 6.36. The summed E-state index contributed by atoms with van der Waals surface area (Å²) in [4.78, 5) is 8.55. The summed E-state index contributed by atoms with van der Waals surface area (Å²) >= 11 is 7.50. The first-order valence-electron chi connectivity index (χ1n) is 5.88. The van der Waals surface area contributed by atoms with Gasteiger partial charge in [0.15, 0.2) is 5.82 Å². The zero-order chi connectivity index (χ0) is 13.8. The van der Waals surface area contributed by atoms with Crippen molar-refractivity contribution in [1.82, 2.24) is 19.7 Å². The van der Waals surface area contributed by atoms with Crippen LogP contribution in [-0.4, -0.2) is 26.4 Å². The number of hydrogen-bond acceptors (Lipinski definition) is 5. The molecule has 0 aliphatic carbocycles. The normalized spacial score (nSPS) is 10.9.